The normalized spacial score (nSPS) is 14.6. The van der Waals surface area contributed by atoms with Crippen molar-refractivity contribution in [1.29, 1.82) is 0 Å². The lowest BCUT2D eigenvalue weighted by molar-refractivity contribution is -0.131. The molecule has 132 valence electrons. The minimum absolute atomic E-state index is 0.00886. The van der Waals surface area contributed by atoms with E-state index in [-0.39, 0.29) is 30.3 Å². The summed E-state index contributed by atoms with van der Waals surface area (Å²) in [5.41, 5.74) is 1.45. The van der Waals surface area contributed by atoms with Gasteiger partial charge in [-0.05, 0) is 31.2 Å². The molecule has 1 aromatic carbocycles. The van der Waals surface area contributed by atoms with Crippen LogP contribution in [0.4, 0.5) is 9.52 Å². The second-order valence-electron chi connectivity index (χ2n) is 6.07. The van der Waals surface area contributed by atoms with Gasteiger partial charge in [0.1, 0.15) is 5.82 Å². The third-order valence-corrected chi connectivity index (χ3v) is 5.26. The largest absolute Gasteiger partial charge is 0.345 e. The first-order chi connectivity index (χ1) is 12.0. The SMILES string of the molecule is Cc1csc(N2CCN(C(=O)CCC(=O)c3ccc(F)cc3)CC2)n1. The summed E-state index contributed by atoms with van der Waals surface area (Å²) in [6.07, 6.45) is 0.336. The van der Waals surface area contributed by atoms with Crippen LogP contribution < -0.4 is 4.90 Å². The number of ketones is 1. The summed E-state index contributed by atoms with van der Waals surface area (Å²) in [5.74, 6) is -0.517. The molecule has 1 saturated heterocycles. The fourth-order valence-corrected chi connectivity index (χ4v) is 3.65. The van der Waals surface area contributed by atoms with E-state index in [1.54, 1.807) is 16.2 Å². The number of Topliss-reactive ketones (excluding diaryl/α,β-unsaturated/α-hetero) is 1. The van der Waals surface area contributed by atoms with E-state index >= 15 is 0 Å². The molecule has 1 amide bonds. The smallest absolute Gasteiger partial charge is 0.223 e. The highest BCUT2D eigenvalue weighted by Crippen LogP contribution is 2.21. The van der Waals surface area contributed by atoms with Gasteiger partial charge in [-0.3, -0.25) is 9.59 Å². The first kappa shape index (κ1) is 17.5. The Morgan fingerprint density at radius 1 is 1.12 bits per heavy atom. The summed E-state index contributed by atoms with van der Waals surface area (Å²) in [4.78, 5) is 32.9. The Morgan fingerprint density at radius 3 is 2.40 bits per heavy atom. The second-order valence-corrected chi connectivity index (χ2v) is 6.91. The summed E-state index contributed by atoms with van der Waals surface area (Å²) in [6.45, 7) is 4.76. The number of anilines is 1. The molecule has 0 aliphatic carbocycles. The molecular weight excluding hydrogens is 341 g/mol. The van der Waals surface area contributed by atoms with Crippen LogP contribution >= 0.6 is 11.3 Å². The fraction of sp³-hybridized carbons (Fsp3) is 0.389. The molecule has 2 heterocycles. The molecule has 25 heavy (non-hydrogen) atoms. The number of aryl methyl sites for hydroxylation is 1. The summed E-state index contributed by atoms with van der Waals surface area (Å²) in [7, 11) is 0. The first-order valence-electron chi connectivity index (χ1n) is 8.26. The van der Waals surface area contributed by atoms with Crippen LogP contribution in [0.1, 0.15) is 28.9 Å². The van der Waals surface area contributed by atoms with Crippen LogP contribution in [0.2, 0.25) is 0 Å². The number of carbonyl (C=O) groups is 2. The second kappa shape index (κ2) is 7.74. The zero-order valence-corrected chi connectivity index (χ0v) is 14.9. The maximum absolute atomic E-state index is 12.9. The van der Waals surface area contributed by atoms with E-state index in [0.29, 0.717) is 18.7 Å². The van der Waals surface area contributed by atoms with Crippen molar-refractivity contribution in [2.24, 2.45) is 0 Å². The molecule has 0 unspecified atom stereocenters. The van der Waals surface area contributed by atoms with E-state index in [1.807, 2.05) is 12.3 Å². The van der Waals surface area contributed by atoms with Crippen LogP contribution in [0.5, 0.6) is 0 Å². The van der Waals surface area contributed by atoms with Gasteiger partial charge in [0.25, 0.3) is 0 Å². The standard InChI is InChI=1S/C18H20FN3O2S/c1-13-12-25-18(20-13)22-10-8-21(9-11-22)17(24)7-6-16(23)14-2-4-15(19)5-3-14/h2-5,12H,6-11H2,1H3. The van der Waals surface area contributed by atoms with E-state index < -0.39 is 0 Å². The summed E-state index contributed by atoms with van der Waals surface area (Å²) >= 11 is 1.62. The molecule has 5 nitrogen and oxygen atoms in total. The van der Waals surface area contributed by atoms with Crippen molar-refractivity contribution in [2.75, 3.05) is 31.1 Å². The van der Waals surface area contributed by atoms with Gasteiger partial charge in [-0.2, -0.15) is 0 Å². The zero-order chi connectivity index (χ0) is 17.8. The molecule has 2 aromatic rings. The van der Waals surface area contributed by atoms with Gasteiger partial charge >= 0.3 is 0 Å². The van der Waals surface area contributed by atoms with Gasteiger partial charge in [0.05, 0.1) is 5.69 Å². The summed E-state index contributed by atoms with van der Waals surface area (Å²) < 4.78 is 12.9. The van der Waals surface area contributed by atoms with E-state index in [2.05, 4.69) is 9.88 Å². The van der Waals surface area contributed by atoms with Crippen molar-refractivity contribution >= 4 is 28.2 Å². The molecule has 1 fully saturated rings. The minimum atomic E-state index is -0.374. The Balaban J connectivity index is 1.46. The van der Waals surface area contributed by atoms with Gasteiger partial charge in [-0.15, -0.1) is 11.3 Å². The highest BCUT2D eigenvalue weighted by Gasteiger charge is 2.23. The number of carbonyl (C=O) groups excluding carboxylic acids is 2. The molecule has 3 rings (SSSR count). The lowest BCUT2D eigenvalue weighted by atomic mass is 10.1. The average Bonchev–Trinajstić information content (AvgIpc) is 3.06. The fourth-order valence-electron chi connectivity index (χ4n) is 2.79. The maximum Gasteiger partial charge on any atom is 0.223 e. The number of halogens is 1. The van der Waals surface area contributed by atoms with Crippen molar-refractivity contribution in [3.63, 3.8) is 0 Å². The number of piperazine rings is 1. The van der Waals surface area contributed by atoms with Crippen LogP contribution in [0.15, 0.2) is 29.6 Å². The predicted molar refractivity (Wildman–Crippen MR) is 95.6 cm³/mol. The predicted octanol–water partition coefficient (Wildman–Crippen LogP) is 2.90. The van der Waals surface area contributed by atoms with Crippen molar-refractivity contribution in [3.05, 3.63) is 46.7 Å². The molecule has 0 atom stereocenters. The van der Waals surface area contributed by atoms with Crippen LogP contribution in [-0.4, -0.2) is 47.8 Å². The van der Waals surface area contributed by atoms with Gasteiger partial charge in [0.15, 0.2) is 10.9 Å². The summed E-state index contributed by atoms with van der Waals surface area (Å²) in [5, 5.41) is 3.02. The van der Waals surface area contributed by atoms with Gasteiger partial charge < -0.3 is 9.80 Å². The molecule has 1 aliphatic heterocycles. The third kappa shape index (κ3) is 4.42. The van der Waals surface area contributed by atoms with E-state index in [1.165, 1.54) is 24.3 Å². The molecule has 1 aliphatic rings. The average molecular weight is 361 g/mol. The molecular formula is C18H20FN3O2S. The van der Waals surface area contributed by atoms with Crippen molar-refractivity contribution < 1.29 is 14.0 Å². The Hall–Kier alpha value is -2.28. The number of hydrogen-bond donors (Lipinski definition) is 0. The Morgan fingerprint density at radius 2 is 1.80 bits per heavy atom. The Labute approximate surface area is 150 Å². The minimum Gasteiger partial charge on any atom is -0.345 e. The number of benzene rings is 1. The topological polar surface area (TPSA) is 53.5 Å². The van der Waals surface area contributed by atoms with E-state index in [9.17, 15) is 14.0 Å². The van der Waals surface area contributed by atoms with Crippen LogP contribution in [0.25, 0.3) is 0 Å². The number of aromatic nitrogens is 1. The molecule has 7 heteroatoms. The van der Waals surface area contributed by atoms with Gasteiger partial charge in [0.2, 0.25) is 5.91 Å². The van der Waals surface area contributed by atoms with E-state index in [4.69, 9.17) is 0 Å². The first-order valence-corrected chi connectivity index (χ1v) is 9.14. The monoisotopic (exact) mass is 361 g/mol. The van der Waals surface area contributed by atoms with Crippen LogP contribution in [-0.2, 0) is 4.79 Å². The number of rotatable bonds is 5. The van der Waals surface area contributed by atoms with Gasteiger partial charge in [-0.1, -0.05) is 0 Å². The molecule has 0 bridgehead atoms. The highest BCUT2D eigenvalue weighted by molar-refractivity contribution is 7.13. The van der Waals surface area contributed by atoms with Crippen molar-refractivity contribution in [2.45, 2.75) is 19.8 Å². The number of nitrogens with zero attached hydrogens (tertiary/aromatic N) is 3. The van der Waals surface area contributed by atoms with Crippen molar-refractivity contribution in [3.8, 4) is 0 Å². The van der Waals surface area contributed by atoms with Crippen molar-refractivity contribution in [1.82, 2.24) is 9.88 Å². The third-order valence-electron chi connectivity index (χ3n) is 4.24. The molecule has 0 spiro atoms. The molecule has 0 N–H and O–H groups in total. The molecule has 0 saturated carbocycles. The maximum atomic E-state index is 12.9. The molecule has 1 aromatic heterocycles. The van der Waals surface area contributed by atoms with Crippen LogP contribution in [0, 0.1) is 12.7 Å². The number of amides is 1. The summed E-state index contributed by atoms with van der Waals surface area (Å²) in [6, 6.07) is 5.43. The van der Waals surface area contributed by atoms with E-state index in [0.717, 1.165) is 23.9 Å². The Bertz CT molecular complexity index is 752. The number of thiazole rings is 1. The zero-order valence-electron chi connectivity index (χ0n) is 14.1. The lowest BCUT2D eigenvalue weighted by Gasteiger charge is -2.34. The lowest BCUT2D eigenvalue weighted by Crippen LogP contribution is -2.48. The number of hydrogen-bond acceptors (Lipinski definition) is 5. The quantitative estimate of drug-likeness (QED) is 0.769. The van der Waals surface area contributed by atoms with Gasteiger partial charge in [0, 0.05) is 50.0 Å². The van der Waals surface area contributed by atoms with Gasteiger partial charge in [-0.25, -0.2) is 9.37 Å². The molecule has 0 radical (unpaired) electrons. The highest BCUT2D eigenvalue weighted by atomic mass is 32.1. The Kier molecular flexibility index (Phi) is 5.43. The van der Waals surface area contributed by atoms with Crippen LogP contribution in [0.3, 0.4) is 0 Å².